The molecule has 0 saturated heterocycles. The van der Waals surface area contributed by atoms with Crippen LogP contribution in [-0.4, -0.2) is 28.5 Å². The van der Waals surface area contributed by atoms with E-state index in [1.807, 2.05) is 13.1 Å². The molecule has 0 amide bonds. The number of anilines is 1. The van der Waals surface area contributed by atoms with Crippen LogP contribution in [0.25, 0.3) is 11.2 Å². The number of nitrogens with one attached hydrogen (secondary N) is 2. The highest BCUT2D eigenvalue weighted by atomic mass is 15.0. The Bertz CT molecular complexity index is 434. The first-order valence-corrected chi connectivity index (χ1v) is 4.56. The molecule has 0 aliphatic heterocycles. The number of hydrogen-bond donors (Lipinski definition) is 3. The lowest BCUT2D eigenvalue weighted by Crippen LogP contribution is -2.03. The normalized spacial score (nSPS) is 10.7. The molecule has 0 saturated carbocycles. The minimum Gasteiger partial charge on any atom is -0.386 e. The van der Waals surface area contributed by atoms with Crippen LogP contribution in [0.3, 0.4) is 0 Å². The molecule has 0 fully saturated rings. The molecule has 0 spiro atoms. The van der Waals surface area contributed by atoms with Crippen molar-refractivity contribution in [3.8, 4) is 0 Å². The van der Waals surface area contributed by atoms with Gasteiger partial charge in [0, 0.05) is 19.7 Å². The van der Waals surface area contributed by atoms with Crippen LogP contribution >= 0.6 is 0 Å². The van der Waals surface area contributed by atoms with Crippen molar-refractivity contribution in [2.45, 2.75) is 6.42 Å². The molecule has 4 N–H and O–H groups in total. The molecule has 74 valence electrons. The quantitative estimate of drug-likeness (QED) is 0.660. The fraction of sp³-hybridized carbons (Fsp3) is 0.333. The van der Waals surface area contributed by atoms with Crippen molar-refractivity contribution < 1.29 is 0 Å². The number of aromatic nitrogens is 3. The van der Waals surface area contributed by atoms with E-state index in [1.54, 1.807) is 6.20 Å². The van der Waals surface area contributed by atoms with Gasteiger partial charge < -0.3 is 16.0 Å². The minimum atomic E-state index is 0.592. The fourth-order valence-electron chi connectivity index (χ4n) is 1.42. The Morgan fingerprint density at radius 3 is 3.14 bits per heavy atom. The number of fused-ring (bicyclic) bond motifs is 1. The average Bonchev–Trinajstić information content (AvgIpc) is 2.60. The standard InChI is InChI=1S/C9H13N5/c1-11-6-3-5-12-9-8(6)13-7(14-9)2-4-10/h3,5H,2,4,10H2,1H3,(H2,11,12,13,14). The fourth-order valence-corrected chi connectivity index (χ4v) is 1.42. The zero-order valence-corrected chi connectivity index (χ0v) is 8.04. The van der Waals surface area contributed by atoms with E-state index >= 15 is 0 Å². The topological polar surface area (TPSA) is 79.6 Å². The van der Waals surface area contributed by atoms with Gasteiger partial charge in [-0.25, -0.2) is 9.97 Å². The Balaban J connectivity index is 2.52. The molecule has 0 radical (unpaired) electrons. The molecule has 2 heterocycles. The number of nitrogens with zero attached hydrogens (tertiary/aromatic N) is 2. The summed E-state index contributed by atoms with van der Waals surface area (Å²) in [5.74, 6) is 0.887. The third kappa shape index (κ3) is 1.42. The van der Waals surface area contributed by atoms with Gasteiger partial charge in [0.1, 0.15) is 11.3 Å². The summed E-state index contributed by atoms with van der Waals surface area (Å²) in [4.78, 5) is 11.7. The van der Waals surface area contributed by atoms with E-state index in [-0.39, 0.29) is 0 Å². The summed E-state index contributed by atoms with van der Waals surface area (Å²) in [6.07, 6.45) is 2.49. The maximum atomic E-state index is 5.46. The minimum absolute atomic E-state index is 0.592. The SMILES string of the molecule is CNc1ccnc2nc(CCN)[nH]c12. The summed E-state index contributed by atoms with van der Waals surface area (Å²) in [5.41, 5.74) is 8.14. The molecule has 0 atom stereocenters. The van der Waals surface area contributed by atoms with Gasteiger partial charge in [0.05, 0.1) is 5.69 Å². The van der Waals surface area contributed by atoms with Gasteiger partial charge in [0.25, 0.3) is 0 Å². The molecule has 0 aromatic carbocycles. The molecule has 0 bridgehead atoms. The third-order valence-corrected chi connectivity index (χ3v) is 2.09. The van der Waals surface area contributed by atoms with Crippen LogP contribution in [0.2, 0.25) is 0 Å². The van der Waals surface area contributed by atoms with Gasteiger partial charge in [-0.15, -0.1) is 0 Å². The van der Waals surface area contributed by atoms with Crippen LogP contribution in [-0.2, 0) is 6.42 Å². The Labute approximate surface area is 81.7 Å². The first kappa shape index (κ1) is 8.96. The predicted octanol–water partition coefficient (Wildman–Crippen LogP) is 0.501. The van der Waals surface area contributed by atoms with Crippen molar-refractivity contribution in [2.75, 3.05) is 18.9 Å². The number of imidazole rings is 1. The van der Waals surface area contributed by atoms with Crippen molar-refractivity contribution in [1.82, 2.24) is 15.0 Å². The summed E-state index contributed by atoms with van der Waals surface area (Å²) in [5, 5.41) is 3.08. The Kier molecular flexibility index (Phi) is 2.32. The molecule has 0 unspecified atom stereocenters. The third-order valence-electron chi connectivity index (χ3n) is 2.09. The van der Waals surface area contributed by atoms with Crippen LogP contribution in [0.5, 0.6) is 0 Å². The second-order valence-electron chi connectivity index (χ2n) is 3.03. The molecule has 5 nitrogen and oxygen atoms in total. The molecule has 2 rings (SSSR count). The maximum Gasteiger partial charge on any atom is 0.179 e. The van der Waals surface area contributed by atoms with Crippen LogP contribution in [0.1, 0.15) is 5.82 Å². The van der Waals surface area contributed by atoms with E-state index in [0.29, 0.717) is 6.54 Å². The molecule has 0 aliphatic rings. The van der Waals surface area contributed by atoms with Gasteiger partial charge >= 0.3 is 0 Å². The maximum absolute atomic E-state index is 5.46. The monoisotopic (exact) mass is 191 g/mol. The van der Waals surface area contributed by atoms with E-state index in [2.05, 4.69) is 20.3 Å². The number of H-pyrrole nitrogens is 1. The molecule has 0 aliphatic carbocycles. The Morgan fingerprint density at radius 2 is 2.43 bits per heavy atom. The average molecular weight is 191 g/mol. The second kappa shape index (κ2) is 3.63. The van der Waals surface area contributed by atoms with Crippen LogP contribution in [0.15, 0.2) is 12.3 Å². The second-order valence-corrected chi connectivity index (χ2v) is 3.03. The van der Waals surface area contributed by atoms with Gasteiger partial charge in [0.2, 0.25) is 0 Å². The van der Waals surface area contributed by atoms with Crippen molar-refractivity contribution in [2.24, 2.45) is 5.73 Å². The lowest BCUT2D eigenvalue weighted by molar-refractivity contribution is 0.899. The van der Waals surface area contributed by atoms with Gasteiger partial charge in [-0.3, -0.25) is 0 Å². The van der Waals surface area contributed by atoms with Crippen LogP contribution in [0.4, 0.5) is 5.69 Å². The zero-order chi connectivity index (χ0) is 9.97. The van der Waals surface area contributed by atoms with Crippen molar-refractivity contribution >= 4 is 16.9 Å². The van der Waals surface area contributed by atoms with E-state index in [4.69, 9.17) is 5.73 Å². The molecule has 2 aromatic heterocycles. The summed E-state index contributed by atoms with van der Waals surface area (Å²) >= 11 is 0. The Morgan fingerprint density at radius 1 is 1.57 bits per heavy atom. The highest BCUT2D eigenvalue weighted by molar-refractivity contribution is 5.85. The molecule has 5 heteroatoms. The van der Waals surface area contributed by atoms with Crippen LogP contribution in [0, 0.1) is 0 Å². The summed E-state index contributed by atoms with van der Waals surface area (Å²) in [6, 6.07) is 1.91. The van der Waals surface area contributed by atoms with E-state index in [9.17, 15) is 0 Å². The number of pyridine rings is 1. The highest BCUT2D eigenvalue weighted by Gasteiger charge is 2.05. The van der Waals surface area contributed by atoms with Gasteiger partial charge in [0.15, 0.2) is 5.65 Å². The molecular weight excluding hydrogens is 178 g/mol. The lowest BCUT2D eigenvalue weighted by Gasteiger charge is -1.98. The summed E-state index contributed by atoms with van der Waals surface area (Å²) in [6.45, 7) is 0.592. The number of rotatable bonds is 3. The zero-order valence-electron chi connectivity index (χ0n) is 8.04. The summed E-state index contributed by atoms with van der Waals surface area (Å²) in [7, 11) is 1.87. The lowest BCUT2D eigenvalue weighted by atomic mass is 10.3. The van der Waals surface area contributed by atoms with E-state index < -0.39 is 0 Å². The largest absolute Gasteiger partial charge is 0.386 e. The summed E-state index contributed by atoms with van der Waals surface area (Å²) < 4.78 is 0. The van der Waals surface area contributed by atoms with Crippen molar-refractivity contribution in [3.05, 3.63) is 18.1 Å². The van der Waals surface area contributed by atoms with Crippen molar-refractivity contribution in [1.29, 1.82) is 0 Å². The number of aromatic amines is 1. The van der Waals surface area contributed by atoms with Gasteiger partial charge in [-0.2, -0.15) is 0 Å². The molecule has 14 heavy (non-hydrogen) atoms. The first-order chi connectivity index (χ1) is 6.85. The van der Waals surface area contributed by atoms with E-state index in [1.165, 1.54) is 0 Å². The smallest absolute Gasteiger partial charge is 0.179 e. The van der Waals surface area contributed by atoms with Gasteiger partial charge in [-0.05, 0) is 12.6 Å². The van der Waals surface area contributed by atoms with Crippen molar-refractivity contribution in [3.63, 3.8) is 0 Å². The highest BCUT2D eigenvalue weighted by Crippen LogP contribution is 2.18. The molecule has 2 aromatic rings. The van der Waals surface area contributed by atoms with Crippen LogP contribution < -0.4 is 11.1 Å². The first-order valence-electron chi connectivity index (χ1n) is 4.56. The number of hydrogen-bond acceptors (Lipinski definition) is 4. The van der Waals surface area contributed by atoms with Gasteiger partial charge in [-0.1, -0.05) is 0 Å². The Hall–Kier alpha value is -1.62. The molecular formula is C9H13N5. The van der Waals surface area contributed by atoms with E-state index in [0.717, 1.165) is 29.1 Å². The number of nitrogens with two attached hydrogens (primary N) is 1. The predicted molar refractivity (Wildman–Crippen MR) is 56.2 cm³/mol.